The van der Waals surface area contributed by atoms with Gasteiger partial charge in [0.25, 0.3) is 11.6 Å². The minimum Gasteiger partial charge on any atom is -0.351 e. The molecule has 1 amide bonds. The Kier molecular flexibility index (Phi) is 3.70. The molecular formula is C11H14BrN3O3. The number of alkyl halides is 1. The van der Waals surface area contributed by atoms with E-state index in [9.17, 15) is 14.9 Å². The van der Waals surface area contributed by atoms with Crippen molar-refractivity contribution in [1.29, 1.82) is 0 Å². The zero-order valence-corrected chi connectivity index (χ0v) is 11.5. The standard InChI is InChI=1S/C11H14BrN3O3/c1-7-2-3-14(10(7)5-12)11(16)9-4-8(6-13-9)15(17)18/h4,6-7,10,13H,2-3,5H2,1H3. The van der Waals surface area contributed by atoms with Crippen molar-refractivity contribution in [1.82, 2.24) is 9.88 Å². The third-order valence-electron chi connectivity index (χ3n) is 3.41. The molecule has 2 heterocycles. The molecule has 2 rings (SSSR count). The van der Waals surface area contributed by atoms with Crippen molar-refractivity contribution in [3.8, 4) is 0 Å². The normalized spacial score (nSPS) is 23.3. The smallest absolute Gasteiger partial charge is 0.287 e. The molecule has 0 bridgehead atoms. The predicted molar refractivity (Wildman–Crippen MR) is 69.8 cm³/mol. The van der Waals surface area contributed by atoms with E-state index in [1.165, 1.54) is 12.3 Å². The van der Waals surface area contributed by atoms with E-state index < -0.39 is 4.92 Å². The average Bonchev–Trinajstić information content (AvgIpc) is 2.94. The molecule has 0 saturated carbocycles. The van der Waals surface area contributed by atoms with Crippen molar-refractivity contribution in [3.63, 3.8) is 0 Å². The summed E-state index contributed by atoms with van der Waals surface area (Å²) in [6.07, 6.45) is 2.21. The minimum atomic E-state index is -0.512. The van der Waals surface area contributed by atoms with Crippen LogP contribution in [0, 0.1) is 16.0 Å². The van der Waals surface area contributed by atoms with Crippen LogP contribution in [0.4, 0.5) is 5.69 Å². The van der Waals surface area contributed by atoms with E-state index in [1.807, 2.05) is 0 Å². The van der Waals surface area contributed by atoms with E-state index in [-0.39, 0.29) is 23.3 Å². The number of likely N-dealkylation sites (tertiary alicyclic amines) is 1. The molecule has 0 radical (unpaired) electrons. The van der Waals surface area contributed by atoms with Crippen LogP contribution in [-0.2, 0) is 0 Å². The van der Waals surface area contributed by atoms with Crippen LogP contribution in [0.1, 0.15) is 23.8 Å². The van der Waals surface area contributed by atoms with Gasteiger partial charge in [0.15, 0.2) is 0 Å². The molecule has 2 unspecified atom stereocenters. The van der Waals surface area contributed by atoms with Gasteiger partial charge in [-0.3, -0.25) is 14.9 Å². The lowest BCUT2D eigenvalue weighted by Crippen LogP contribution is -2.38. The largest absolute Gasteiger partial charge is 0.351 e. The highest BCUT2D eigenvalue weighted by Gasteiger charge is 2.34. The van der Waals surface area contributed by atoms with Crippen LogP contribution in [0.25, 0.3) is 0 Å². The first-order valence-corrected chi connectivity index (χ1v) is 6.86. The van der Waals surface area contributed by atoms with Gasteiger partial charge in [-0.05, 0) is 12.3 Å². The second kappa shape index (κ2) is 5.09. The van der Waals surface area contributed by atoms with Crippen LogP contribution in [0.3, 0.4) is 0 Å². The van der Waals surface area contributed by atoms with Crippen molar-refractivity contribution in [2.75, 3.05) is 11.9 Å². The molecule has 1 aliphatic heterocycles. The van der Waals surface area contributed by atoms with E-state index in [1.54, 1.807) is 4.90 Å². The first kappa shape index (κ1) is 13.1. The molecule has 1 N–H and O–H groups in total. The lowest BCUT2D eigenvalue weighted by molar-refractivity contribution is -0.384. The summed E-state index contributed by atoms with van der Waals surface area (Å²) < 4.78 is 0. The number of halogens is 1. The number of hydrogen-bond acceptors (Lipinski definition) is 3. The Morgan fingerprint density at radius 1 is 1.72 bits per heavy atom. The fourth-order valence-corrected chi connectivity index (χ4v) is 3.25. The number of hydrogen-bond donors (Lipinski definition) is 1. The summed E-state index contributed by atoms with van der Waals surface area (Å²) in [6.45, 7) is 2.81. The summed E-state index contributed by atoms with van der Waals surface area (Å²) in [6, 6.07) is 1.44. The minimum absolute atomic E-state index is 0.0824. The number of rotatable bonds is 3. The van der Waals surface area contributed by atoms with Gasteiger partial charge in [0.05, 0.1) is 11.1 Å². The van der Waals surface area contributed by atoms with Gasteiger partial charge in [0.1, 0.15) is 5.69 Å². The lowest BCUT2D eigenvalue weighted by atomic mass is 10.1. The number of amides is 1. The molecule has 2 atom stereocenters. The Labute approximate surface area is 113 Å². The second-order valence-corrected chi connectivity index (χ2v) is 5.16. The fourth-order valence-electron chi connectivity index (χ4n) is 2.26. The molecule has 18 heavy (non-hydrogen) atoms. The predicted octanol–water partition coefficient (Wildman–Crippen LogP) is 2.17. The molecule has 7 heteroatoms. The number of carbonyl (C=O) groups excluding carboxylic acids is 1. The maximum atomic E-state index is 12.2. The number of aromatic nitrogens is 1. The summed E-state index contributed by atoms with van der Waals surface area (Å²) in [7, 11) is 0. The van der Waals surface area contributed by atoms with Gasteiger partial charge in [-0.25, -0.2) is 0 Å². The number of aromatic amines is 1. The Bertz CT molecular complexity index is 474. The second-order valence-electron chi connectivity index (χ2n) is 4.51. The highest BCUT2D eigenvalue weighted by Crippen LogP contribution is 2.27. The Morgan fingerprint density at radius 3 is 3.00 bits per heavy atom. The van der Waals surface area contributed by atoms with Gasteiger partial charge in [-0.2, -0.15) is 0 Å². The molecule has 0 aromatic carbocycles. The van der Waals surface area contributed by atoms with Crippen molar-refractivity contribution in [3.05, 3.63) is 28.1 Å². The Morgan fingerprint density at radius 2 is 2.44 bits per heavy atom. The number of nitrogens with zero attached hydrogens (tertiary/aromatic N) is 2. The molecule has 1 aliphatic rings. The van der Waals surface area contributed by atoms with Crippen molar-refractivity contribution < 1.29 is 9.72 Å². The molecule has 0 spiro atoms. The first-order valence-electron chi connectivity index (χ1n) is 5.74. The summed E-state index contributed by atoms with van der Waals surface area (Å²) in [5.41, 5.74) is 0.197. The van der Waals surface area contributed by atoms with Crippen LogP contribution in [0.15, 0.2) is 12.3 Å². The molecular weight excluding hydrogens is 302 g/mol. The van der Waals surface area contributed by atoms with E-state index in [0.29, 0.717) is 12.5 Å². The highest BCUT2D eigenvalue weighted by atomic mass is 79.9. The topological polar surface area (TPSA) is 79.2 Å². The van der Waals surface area contributed by atoms with E-state index >= 15 is 0 Å². The van der Waals surface area contributed by atoms with Crippen molar-refractivity contribution >= 4 is 27.5 Å². The summed E-state index contributed by atoms with van der Waals surface area (Å²) in [5, 5.41) is 11.3. The third kappa shape index (κ3) is 2.27. The van der Waals surface area contributed by atoms with Crippen molar-refractivity contribution in [2.45, 2.75) is 19.4 Å². The van der Waals surface area contributed by atoms with Gasteiger partial charge in [-0.15, -0.1) is 0 Å². The van der Waals surface area contributed by atoms with Gasteiger partial charge in [0.2, 0.25) is 0 Å². The van der Waals surface area contributed by atoms with Crippen LogP contribution in [-0.4, -0.2) is 38.6 Å². The molecule has 1 aromatic rings. The maximum absolute atomic E-state index is 12.2. The first-order chi connectivity index (χ1) is 8.54. The number of carbonyl (C=O) groups is 1. The van der Waals surface area contributed by atoms with Crippen LogP contribution >= 0.6 is 15.9 Å². The summed E-state index contributed by atoms with van der Waals surface area (Å²) in [5.74, 6) is 0.273. The fraction of sp³-hybridized carbons (Fsp3) is 0.545. The zero-order valence-electron chi connectivity index (χ0n) is 9.93. The van der Waals surface area contributed by atoms with Gasteiger partial charge in [0, 0.05) is 24.0 Å². The third-order valence-corrected chi connectivity index (χ3v) is 4.07. The van der Waals surface area contributed by atoms with Crippen LogP contribution in [0.2, 0.25) is 0 Å². The molecule has 6 nitrogen and oxygen atoms in total. The SMILES string of the molecule is CC1CCN(C(=O)c2cc([N+](=O)[O-])c[nH]2)C1CBr. The lowest BCUT2D eigenvalue weighted by Gasteiger charge is -2.24. The monoisotopic (exact) mass is 315 g/mol. The molecule has 1 fully saturated rings. The quantitative estimate of drug-likeness (QED) is 0.527. The van der Waals surface area contributed by atoms with Crippen LogP contribution < -0.4 is 0 Å². The number of nitro groups is 1. The molecule has 1 saturated heterocycles. The Hall–Kier alpha value is -1.37. The van der Waals surface area contributed by atoms with E-state index in [4.69, 9.17) is 0 Å². The van der Waals surface area contributed by atoms with Crippen molar-refractivity contribution in [2.24, 2.45) is 5.92 Å². The van der Waals surface area contributed by atoms with Gasteiger partial charge < -0.3 is 9.88 Å². The molecule has 0 aliphatic carbocycles. The number of nitrogens with one attached hydrogen (secondary N) is 1. The molecule has 1 aromatic heterocycles. The van der Waals surface area contributed by atoms with Gasteiger partial charge in [-0.1, -0.05) is 22.9 Å². The summed E-state index contributed by atoms with van der Waals surface area (Å²) in [4.78, 5) is 26.8. The Balaban J connectivity index is 2.18. The van der Waals surface area contributed by atoms with Crippen LogP contribution in [0.5, 0.6) is 0 Å². The average molecular weight is 316 g/mol. The van der Waals surface area contributed by atoms with E-state index in [0.717, 1.165) is 11.8 Å². The summed E-state index contributed by atoms with van der Waals surface area (Å²) >= 11 is 3.41. The maximum Gasteiger partial charge on any atom is 0.287 e. The highest BCUT2D eigenvalue weighted by molar-refractivity contribution is 9.09. The zero-order chi connectivity index (χ0) is 13.3. The van der Waals surface area contributed by atoms with Gasteiger partial charge >= 0.3 is 0 Å². The van der Waals surface area contributed by atoms with E-state index in [2.05, 4.69) is 27.8 Å². The molecule has 98 valence electrons. The number of H-pyrrole nitrogens is 1.